The monoisotopic (exact) mass is 252 g/mol. The molecule has 2 rings (SSSR count). The largest absolute Gasteiger partial charge is 0.378 e. The molecule has 1 aliphatic rings. The molecule has 0 aliphatic carbocycles. The van der Waals surface area contributed by atoms with Gasteiger partial charge in [-0.25, -0.2) is 4.39 Å². The summed E-state index contributed by atoms with van der Waals surface area (Å²) in [6.07, 6.45) is 4.53. The normalized spacial score (nSPS) is 21.8. The van der Waals surface area contributed by atoms with E-state index in [1.54, 1.807) is 13.0 Å². The maximum absolute atomic E-state index is 13.2. The third-order valence-corrected chi connectivity index (χ3v) is 3.56. The molecule has 0 amide bonds. The van der Waals surface area contributed by atoms with Crippen molar-refractivity contribution in [2.45, 2.75) is 44.8 Å². The molecule has 2 atom stereocenters. The standard InChI is InChI=1S/C14H21FN2O/c1-10-8-11(5-6-13(10)15)14(17-16)9-12-4-2-3-7-18-12/h5-6,8,12,14,17H,2-4,7,9,16H2,1H3. The predicted octanol–water partition coefficient (Wildman–Crippen LogP) is 2.60. The summed E-state index contributed by atoms with van der Waals surface area (Å²) in [5, 5.41) is 0. The number of hydrogen-bond donors (Lipinski definition) is 2. The maximum atomic E-state index is 13.2. The van der Waals surface area contributed by atoms with Crippen molar-refractivity contribution in [3.05, 3.63) is 35.1 Å². The minimum Gasteiger partial charge on any atom is -0.378 e. The van der Waals surface area contributed by atoms with E-state index in [1.165, 1.54) is 12.5 Å². The van der Waals surface area contributed by atoms with Gasteiger partial charge in [-0.15, -0.1) is 0 Å². The zero-order valence-electron chi connectivity index (χ0n) is 10.8. The lowest BCUT2D eigenvalue weighted by Crippen LogP contribution is -2.33. The first-order valence-electron chi connectivity index (χ1n) is 6.54. The van der Waals surface area contributed by atoms with Crippen LogP contribution < -0.4 is 11.3 Å². The van der Waals surface area contributed by atoms with Gasteiger partial charge in [0, 0.05) is 12.6 Å². The number of nitrogens with two attached hydrogens (primary N) is 1. The Balaban J connectivity index is 2.04. The van der Waals surface area contributed by atoms with Gasteiger partial charge in [0.15, 0.2) is 0 Å². The van der Waals surface area contributed by atoms with E-state index < -0.39 is 0 Å². The average molecular weight is 252 g/mol. The Morgan fingerprint density at radius 2 is 2.33 bits per heavy atom. The molecule has 2 unspecified atom stereocenters. The Labute approximate surface area is 107 Å². The highest BCUT2D eigenvalue weighted by molar-refractivity contribution is 5.26. The van der Waals surface area contributed by atoms with Gasteiger partial charge in [-0.3, -0.25) is 11.3 Å². The molecule has 0 spiro atoms. The molecule has 1 aromatic carbocycles. The summed E-state index contributed by atoms with van der Waals surface area (Å²) in [6.45, 7) is 2.61. The Kier molecular flexibility index (Phi) is 4.69. The highest BCUT2D eigenvalue weighted by atomic mass is 19.1. The quantitative estimate of drug-likeness (QED) is 0.639. The number of hydrazine groups is 1. The molecule has 0 saturated carbocycles. The van der Waals surface area contributed by atoms with Crippen LogP contribution in [0.4, 0.5) is 4.39 Å². The summed E-state index contributed by atoms with van der Waals surface area (Å²) >= 11 is 0. The molecule has 0 bridgehead atoms. The van der Waals surface area contributed by atoms with E-state index >= 15 is 0 Å². The van der Waals surface area contributed by atoms with E-state index in [0.29, 0.717) is 5.56 Å². The molecule has 1 aromatic rings. The molecule has 1 heterocycles. The van der Waals surface area contributed by atoms with Gasteiger partial charge in [-0.2, -0.15) is 0 Å². The van der Waals surface area contributed by atoms with Crippen LogP contribution in [0, 0.1) is 12.7 Å². The Morgan fingerprint density at radius 3 is 2.94 bits per heavy atom. The van der Waals surface area contributed by atoms with E-state index in [4.69, 9.17) is 10.6 Å². The second-order valence-electron chi connectivity index (χ2n) is 4.95. The lowest BCUT2D eigenvalue weighted by atomic mass is 9.96. The van der Waals surface area contributed by atoms with Gasteiger partial charge in [-0.05, 0) is 49.8 Å². The minimum absolute atomic E-state index is 0.0207. The van der Waals surface area contributed by atoms with Gasteiger partial charge in [0.1, 0.15) is 5.82 Å². The SMILES string of the molecule is Cc1cc(C(CC2CCCCO2)NN)ccc1F. The van der Waals surface area contributed by atoms with Crippen molar-refractivity contribution >= 4 is 0 Å². The molecule has 3 N–H and O–H groups in total. The molecule has 1 saturated heterocycles. The van der Waals surface area contributed by atoms with Crippen molar-refractivity contribution in [2.24, 2.45) is 5.84 Å². The topological polar surface area (TPSA) is 47.3 Å². The number of hydrogen-bond acceptors (Lipinski definition) is 3. The summed E-state index contributed by atoms with van der Waals surface area (Å²) in [5.74, 6) is 5.43. The first-order chi connectivity index (χ1) is 8.70. The molecule has 1 aliphatic heterocycles. The van der Waals surface area contributed by atoms with Crippen LogP contribution in [0.25, 0.3) is 0 Å². The molecule has 0 aromatic heterocycles. The van der Waals surface area contributed by atoms with Crippen molar-refractivity contribution in [1.29, 1.82) is 0 Å². The van der Waals surface area contributed by atoms with Gasteiger partial charge in [-0.1, -0.05) is 12.1 Å². The fourth-order valence-corrected chi connectivity index (χ4v) is 2.44. The Morgan fingerprint density at radius 1 is 1.50 bits per heavy atom. The molecule has 18 heavy (non-hydrogen) atoms. The van der Waals surface area contributed by atoms with Gasteiger partial charge in [0.25, 0.3) is 0 Å². The maximum Gasteiger partial charge on any atom is 0.126 e. The minimum atomic E-state index is -0.177. The van der Waals surface area contributed by atoms with Crippen LogP contribution in [0.5, 0.6) is 0 Å². The van der Waals surface area contributed by atoms with E-state index in [-0.39, 0.29) is 18.0 Å². The van der Waals surface area contributed by atoms with E-state index in [9.17, 15) is 4.39 Å². The van der Waals surface area contributed by atoms with Crippen molar-refractivity contribution in [2.75, 3.05) is 6.61 Å². The van der Waals surface area contributed by atoms with Crippen molar-refractivity contribution in [3.8, 4) is 0 Å². The van der Waals surface area contributed by atoms with Gasteiger partial charge in [0.05, 0.1) is 6.10 Å². The third kappa shape index (κ3) is 3.28. The van der Waals surface area contributed by atoms with E-state index in [2.05, 4.69) is 5.43 Å². The number of halogens is 1. The number of aryl methyl sites for hydroxylation is 1. The Bertz CT molecular complexity index is 391. The first-order valence-corrected chi connectivity index (χ1v) is 6.54. The fourth-order valence-electron chi connectivity index (χ4n) is 2.44. The molecule has 4 heteroatoms. The van der Waals surface area contributed by atoms with Crippen molar-refractivity contribution in [3.63, 3.8) is 0 Å². The highest BCUT2D eigenvalue weighted by Crippen LogP contribution is 2.25. The third-order valence-electron chi connectivity index (χ3n) is 3.56. The summed E-state index contributed by atoms with van der Waals surface area (Å²) in [7, 11) is 0. The van der Waals surface area contributed by atoms with E-state index in [0.717, 1.165) is 31.4 Å². The Hall–Kier alpha value is -0.970. The van der Waals surface area contributed by atoms with Crippen LogP contribution in [0.2, 0.25) is 0 Å². The van der Waals surface area contributed by atoms with Crippen molar-refractivity contribution in [1.82, 2.24) is 5.43 Å². The highest BCUT2D eigenvalue weighted by Gasteiger charge is 2.20. The number of benzene rings is 1. The average Bonchev–Trinajstić information content (AvgIpc) is 2.40. The fraction of sp³-hybridized carbons (Fsp3) is 0.571. The van der Waals surface area contributed by atoms with Crippen LogP contribution in [-0.4, -0.2) is 12.7 Å². The lowest BCUT2D eigenvalue weighted by molar-refractivity contribution is 0.00502. The van der Waals surface area contributed by atoms with Gasteiger partial charge in [0.2, 0.25) is 0 Å². The van der Waals surface area contributed by atoms with Crippen LogP contribution in [-0.2, 0) is 4.74 Å². The molecular formula is C14H21FN2O. The second kappa shape index (κ2) is 6.27. The zero-order valence-corrected chi connectivity index (χ0v) is 10.8. The van der Waals surface area contributed by atoms with Gasteiger partial charge < -0.3 is 4.74 Å². The van der Waals surface area contributed by atoms with Crippen LogP contribution in [0.3, 0.4) is 0 Å². The molecule has 100 valence electrons. The number of rotatable bonds is 4. The van der Waals surface area contributed by atoms with Crippen LogP contribution in [0.1, 0.15) is 42.9 Å². The zero-order chi connectivity index (χ0) is 13.0. The van der Waals surface area contributed by atoms with Crippen LogP contribution >= 0.6 is 0 Å². The summed E-state index contributed by atoms with van der Waals surface area (Å²) in [6, 6.07) is 5.15. The number of ether oxygens (including phenoxy) is 1. The molecule has 0 radical (unpaired) electrons. The van der Waals surface area contributed by atoms with Crippen LogP contribution in [0.15, 0.2) is 18.2 Å². The van der Waals surface area contributed by atoms with Crippen molar-refractivity contribution < 1.29 is 9.13 Å². The summed E-state index contributed by atoms with van der Waals surface area (Å²) < 4.78 is 19.0. The summed E-state index contributed by atoms with van der Waals surface area (Å²) in [5.41, 5.74) is 4.48. The summed E-state index contributed by atoms with van der Waals surface area (Å²) in [4.78, 5) is 0. The first kappa shape index (κ1) is 13.5. The lowest BCUT2D eigenvalue weighted by Gasteiger charge is -2.27. The smallest absolute Gasteiger partial charge is 0.126 e. The second-order valence-corrected chi connectivity index (χ2v) is 4.95. The molecule has 3 nitrogen and oxygen atoms in total. The number of nitrogens with one attached hydrogen (secondary N) is 1. The molecular weight excluding hydrogens is 231 g/mol. The predicted molar refractivity (Wildman–Crippen MR) is 69.4 cm³/mol. The van der Waals surface area contributed by atoms with Gasteiger partial charge >= 0.3 is 0 Å². The van der Waals surface area contributed by atoms with E-state index in [1.807, 2.05) is 6.07 Å². The molecule has 1 fully saturated rings.